The van der Waals surface area contributed by atoms with Crippen LogP contribution in [0.5, 0.6) is 0 Å². The van der Waals surface area contributed by atoms with Crippen molar-refractivity contribution in [2.75, 3.05) is 20.6 Å². The lowest BCUT2D eigenvalue weighted by Crippen LogP contribution is -3.05. The van der Waals surface area contributed by atoms with Gasteiger partial charge in [-0.2, -0.15) is 0 Å². The van der Waals surface area contributed by atoms with Crippen molar-refractivity contribution in [1.82, 2.24) is 0 Å². The van der Waals surface area contributed by atoms with Crippen LogP contribution in [0, 0.1) is 5.82 Å². The molecule has 0 atom stereocenters. The summed E-state index contributed by atoms with van der Waals surface area (Å²) in [6, 6.07) is 13.6. The number of fused-ring (bicyclic) bond motifs is 2. The summed E-state index contributed by atoms with van der Waals surface area (Å²) >= 11 is 1.79. The van der Waals surface area contributed by atoms with Crippen LogP contribution in [0.1, 0.15) is 23.1 Å². The van der Waals surface area contributed by atoms with E-state index in [9.17, 15) is 4.39 Å². The predicted octanol–water partition coefficient (Wildman–Crippen LogP) is 0.402. The molecule has 23 heavy (non-hydrogen) atoms. The molecule has 3 rings (SSSR count). The van der Waals surface area contributed by atoms with Gasteiger partial charge in [-0.3, -0.25) is 0 Å². The lowest BCUT2D eigenvalue weighted by atomic mass is 9.93. The minimum atomic E-state index is -0.164. The molecule has 0 radical (unpaired) electrons. The molecular formula is C19H21ClFNS. The van der Waals surface area contributed by atoms with Gasteiger partial charge in [0, 0.05) is 17.1 Å². The highest BCUT2D eigenvalue weighted by Gasteiger charge is 2.18. The molecule has 0 bridgehead atoms. The SMILES string of the molecule is C[NH+](C)CC/C=C1\c2ccccc2CSc2ccc(F)cc21.[Cl-]. The van der Waals surface area contributed by atoms with Gasteiger partial charge in [-0.15, -0.1) is 11.8 Å². The van der Waals surface area contributed by atoms with Crippen LogP contribution >= 0.6 is 11.8 Å². The first-order chi connectivity index (χ1) is 10.6. The normalized spacial score (nSPS) is 14.9. The van der Waals surface area contributed by atoms with Crippen molar-refractivity contribution in [3.63, 3.8) is 0 Å². The van der Waals surface area contributed by atoms with Crippen LogP contribution in [0.2, 0.25) is 0 Å². The summed E-state index contributed by atoms with van der Waals surface area (Å²) in [6.45, 7) is 1.07. The standard InChI is InChI=1S/C19H20FNS.ClH/c1-21(2)11-5-8-17-16-7-4-3-6-14(16)13-22-19-10-9-15(20)12-18(17)19;/h3-4,6-10,12H,5,11,13H2,1-2H3;1H/b17-8+;. The minimum absolute atomic E-state index is 0. The van der Waals surface area contributed by atoms with E-state index >= 15 is 0 Å². The number of halogens is 2. The third-order valence-corrected chi connectivity index (χ3v) is 5.04. The number of benzene rings is 2. The summed E-state index contributed by atoms with van der Waals surface area (Å²) in [6.07, 6.45) is 3.27. The van der Waals surface area contributed by atoms with Crippen LogP contribution < -0.4 is 17.3 Å². The van der Waals surface area contributed by atoms with Crippen LogP contribution in [0.25, 0.3) is 5.57 Å². The van der Waals surface area contributed by atoms with Gasteiger partial charge in [0.1, 0.15) is 5.82 Å². The fourth-order valence-electron chi connectivity index (χ4n) is 2.77. The molecule has 0 aliphatic carbocycles. The minimum Gasteiger partial charge on any atom is -1.00 e. The molecule has 4 heteroatoms. The highest BCUT2D eigenvalue weighted by molar-refractivity contribution is 7.98. The molecule has 2 aromatic rings. The maximum absolute atomic E-state index is 13.8. The van der Waals surface area contributed by atoms with Gasteiger partial charge >= 0.3 is 0 Å². The largest absolute Gasteiger partial charge is 1.00 e. The van der Waals surface area contributed by atoms with E-state index in [1.165, 1.54) is 26.5 Å². The first-order valence-corrected chi connectivity index (χ1v) is 8.64. The van der Waals surface area contributed by atoms with Gasteiger partial charge in [0.2, 0.25) is 0 Å². The van der Waals surface area contributed by atoms with Gasteiger partial charge in [-0.05, 0) is 40.5 Å². The molecule has 122 valence electrons. The Hall–Kier alpha value is -1.29. The Labute approximate surface area is 148 Å². The number of hydrogen-bond donors (Lipinski definition) is 1. The Kier molecular flexibility index (Phi) is 6.28. The van der Waals surface area contributed by atoms with E-state index in [2.05, 4.69) is 44.4 Å². The van der Waals surface area contributed by atoms with Gasteiger partial charge in [-0.25, -0.2) is 4.39 Å². The molecule has 0 saturated carbocycles. The smallest absolute Gasteiger partial charge is 0.123 e. The van der Waals surface area contributed by atoms with Crippen LogP contribution in [-0.4, -0.2) is 20.6 Å². The van der Waals surface area contributed by atoms with Gasteiger partial charge in [0.25, 0.3) is 0 Å². The highest BCUT2D eigenvalue weighted by atomic mass is 35.5. The Morgan fingerprint density at radius 2 is 1.91 bits per heavy atom. The zero-order chi connectivity index (χ0) is 15.5. The van der Waals surface area contributed by atoms with Crippen LogP contribution in [0.4, 0.5) is 4.39 Å². The van der Waals surface area contributed by atoms with Crippen molar-refractivity contribution in [3.05, 3.63) is 71.0 Å². The van der Waals surface area contributed by atoms with E-state index in [0.29, 0.717) is 0 Å². The summed E-state index contributed by atoms with van der Waals surface area (Å²) in [4.78, 5) is 2.59. The maximum Gasteiger partial charge on any atom is 0.123 e. The molecule has 0 aromatic heterocycles. The lowest BCUT2D eigenvalue weighted by molar-refractivity contribution is -0.857. The second-order valence-corrected chi connectivity index (χ2v) is 6.97. The third kappa shape index (κ3) is 4.17. The first-order valence-electron chi connectivity index (χ1n) is 7.65. The maximum atomic E-state index is 13.8. The number of hydrogen-bond acceptors (Lipinski definition) is 1. The molecule has 0 spiro atoms. The molecule has 1 aliphatic heterocycles. The monoisotopic (exact) mass is 349 g/mol. The van der Waals surface area contributed by atoms with E-state index in [1.807, 2.05) is 6.07 Å². The summed E-state index contributed by atoms with van der Waals surface area (Å²) in [5, 5.41) is 0. The van der Waals surface area contributed by atoms with E-state index < -0.39 is 0 Å². The number of nitrogens with one attached hydrogen (secondary N) is 1. The van der Waals surface area contributed by atoms with E-state index in [1.54, 1.807) is 23.9 Å². The first kappa shape index (κ1) is 18.1. The second kappa shape index (κ2) is 8.00. The summed E-state index contributed by atoms with van der Waals surface area (Å²) in [7, 11) is 4.31. The Morgan fingerprint density at radius 3 is 2.70 bits per heavy atom. The van der Waals surface area contributed by atoms with Crippen molar-refractivity contribution < 1.29 is 21.7 Å². The van der Waals surface area contributed by atoms with E-state index in [0.717, 1.165) is 24.3 Å². The summed E-state index contributed by atoms with van der Waals surface area (Å²) in [5.74, 6) is 0.772. The Morgan fingerprint density at radius 1 is 1.13 bits per heavy atom. The summed E-state index contributed by atoms with van der Waals surface area (Å²) < 4.78 is 13.8. The fraction of sp³-hybridized carbons (Fsp3) is 0.263. The van der Waals surface area contributed by atoms with Crippen molar-refractivity contribution >= 4 is 17.3 Å². The van der Waals surface area contributed by atoms with Crippen LogP contribution in [0.15, 0.2) is 53.4 Å². The van der Waals surface area contributed by atoms with Crippen molar-refractivity contribution in [3.8, 4) is 0 Å². The Balaban J connectivity index is 0.00000192. The quantitative estimate of drug-likeness (QED) is 0.840. The molecule has 1 heterocycles. The average Bonchev–Trinajstić information content (AvgIpc) is 2.65. The topological polar surface area (TPSA) is 4.44 Å². The third-order valence-electron chi connectivity index (χ3n) is 3.92. The molecule has 1 nitrogen and oxygen atoms in total. The van der Waals surface area contributed by atoms with Gasteiger partial charge in [-0.1, -0.05) is 30.3 Å². The molecule has 0 unspecified atom stereocenters. The molecule has 0 fully saturated rings. The zero-order valence-electron chi connectivity index (χ0n) is 13.4. The van der Waals surface area contributed by atoms with Crippen molar-refractivity contribution in [1.29, 1.82) is 0 Å². The number of thioether (sulfide) groups is 1. The molecule has 0 saturated heterocycles. The van der Waals surface area contributed by atoms with Crippen molar-refractivity contribution in [2.24, 2.45) is 0 Å². The van der Waals surface area contributed by atoms with Crippen molar-refractivity contribution in [2.45, 2.75) is 17.1 Å². The fourth-order valence-corrected chi connectivity index (χ4v) is 3.82. The average molecular weight is 350 g/mol. The van der Waals surface area contributed by atoms with Crippen LogP contribution in [-0.2, 0) is 5.75 Å². The number of rotatable bonds is 3. The van der Waals surface area contributed by atoms with Gasteiger partial charge in [0.05, 0.1) is 20.6 Å². The molecule has 1 N–H and O–H groups in total. The predicted molar refractivity (Wildman–Crippen MR) is 91.8 cm³/mol. The number of quaternary nitrogens is 1. The zero-order valence-corrected chi connectivity index (χ0v) is 15.0. The van der Waals surface area contributed by atoms with Crippen LogP contribution in [0.3, 0.4) is 0 Å². The van der Waals surface area contributed by atoms with E-state index in [4.69, 9.17) is 0 Å². The van der Waals surface area contributed by atoms with Gasteiger partial charge in [0.15, 0.2) is 0 Å². The lowest BCUT2D eigenvalue weighted by Gasteiger charge is -2.12. The molecule has 2 aromatic carbocycles. The van der Waals surface area contributed by atoms with Gasteiger partial charge < -0.3 is 17.3 Å². The molecule has 1 aliphatic rings. The highest BCUT2D eigenvalue weighted by Crippen LogP contribution is 2.40. The second-order valence-electron chi connectivity index (χ2n) is 5.95. The molecule has 0 amide bonds. The Bertz CT molecular complexity index is 712. The molecular weight excluding hydrogens is 329 g/mol. The summed E-state index contributed by atoms with van der Waals surface area (Å²) in [5.41, 5.74) is 4.78. The van der Waals surface area contributed by atoms with E-state index in [-0.39, 0.29) is 18.2 Å².